The number of fused-ring (bicyclic) bond motifs is 2. The van der Waals surface area contributed by atoms with E-state index >= 15 is 0 Å². The van der Waals surface area contributed by atoms with Crippen molar-refractivity contribution in [2.24, 2.45) is 17.2 Å². The summed E-state index contributed by atoms with van der Waals surface area (Å²) in [5.74, 6) is -1.79. The van der Waals surface area contributed by atoms with Gasteiger partial charge in [0.05, 0.1) is 11.4 Å². The Bertz CT molecular complexity index is 704. The van der Waals surface area contributed by atoms with Crippen molar-refractivity contribution in [1.82, 2.24) is 19.7 Å². The van der Waals surface area contributed by atoms with Gasteiger partial charge in [0.25, 0.3) is 0 Å². The average molecular weight is 521 g/mol. The van der Waals surface area contributed by atoms with E-state index < -0.39 is 24.0 Å². The van der Waals surface area contributed by atoms with Gasteiger partial charge >= 0.3 is 11.9 Å². The van der Waals surface area contributed by atoms with Crippen LogP contribution in [0, 0.1) is 0 Å². The van der Waals surface area contributed by atoms with Crippen molar-refractivity contribution >= 4 is 11.9 Å². The van der Waals surface area contributed by atoms with Gasteiger partial charge in [-0.15, -0.1) is 0 Å². The zero-order chi connectivity index (χ0) is 24.2. The van der Waals surface area contributed by atoms with Crippen LogP contribution in [0.1, 0.15) is 30.7 Å². The molecule has 2 atom stereocenters. The third-order valence-electron chi connectivity index (χ3n) is 6.01. The largest absolute Gasteiger partial charge is 0.480 e. The first-order valence-corrected chi connectivity index (χ1v) is 11.6. The van der Waals surface area contributed by atoms with Crippen molar-refractivity contribution in [2.75, 3.05) is 52.4 Å². The van der Waals surface area contributed by atoms with E-state index in [9.17, 15) is 19.8 Å². The van der Waals surface area contributed by atoms with Crippen LogP contribution in [0.3, 0.4) is 0 Å². The Balaban J connectivity index is 0.00000578. The summed E-state index contributed by atoms with van der Waals surface area (Å²) in [7, 11) is 0. The fourth-order valence-electron chi connectivity index (χ4n) is 4.24. The minimum absolute atomic E-state index is 0. The first-order chi connectivity index (χ1) is 15.9. The Labute approximate surface area is 212 Å². The van der Waals surface area contributed by atoms with Crippen molar-refractivity contribution < 1.29 is 36.9 Å². The molecule has 11 nitrogen and oxygen atoms in total. The van der Waals surface area contributed by atoms with Gasteiger partial charge in [-0.1, -0.05) is 6.07 Å². The number of hydrogen-bond donors (Lipinski definition) is 5. The van der Waals surface area contributed by atoms with E-state index in [-0.39, 0.29) is 30.2 Å². The molecule has 1 aliphatic heterocycles. The Morgan fingerprint density at radius 1 is 0.853 bits per heavy atom. The van der Waals surface area contributed by atoms with E-state index in [0.29, 0.717) is 58.7 Å². The number of carboxylic acid groups (broad SMARTS) is 2. The summed E-state index contributed by atoms with van der Waals surface area (Å²) in [6, 6.07) is 4.23. The predicted molar refractivity (Wildman–Crippen MR) is 125 cm³/mol. The van der Waals surface area contributed by atoms with Crippen LogP contribution < -0.4 is 17.2 Å². The Morgan fingerprint density at radius 2 is 1.32 bits per heavy atom. The zero-order valence-electron chi connectivity index (χ0n) is 19.7. The Hall–Kier alpha value is -1.63. The molecular formula is C22H39MnN7O4. The summed E-state index contributed by atoms with van der Waals surface area (Å²) in [5, 5.41) is 19.6. The average Bonchev–Trinajstić information content (AvgIpc) is 2.78. The van der Waals surface area contributed by atoms with Crippen LogP contribution >= 0.6 is 0 Å². The molecule has 2 bridgehead atoms. The fourth-order valence-corrected chi connectivity index (χ4v) is 4.24. The normalized spacial score (nSPS) is 18.2. The third kappa shape index (κ3) is 9.55. The summed E-state index contributed by atoms with van der Waals surface area (Å²) < 4.78 is 0. The Kier molecular flexibility index (Phi) is 14.4. The molecule has 0 saturated carbocycles. The molecule has 8 N–H and O–H groups in total. The standard InChI is InChI=1S/C22H39N7O4.Mn/c23-7-2-10-27-11-13-28(19(5-8-24)21(30)31)15-17-3-1-4-18(26-17)16-29(14-12-27)20(6-9-25)22(32)33;/h1,3-4,19-20H,2,5-16,23-25H2,(H,30,31)(H,32,33);. The predicted octanol–water partition coefficient (Wildman–Crippen LogP) is -1.05. The van der Waals surface area contributed by atoms with Gasteiger partial charge in [0.1, 0.15) is 12.1 Å². The molecule has 12 heteroatoms. The summed E-state index contributed by atoms with van der Waals surface area (Å²) in [6.45, 7) is 4.94. The maximum atomic E-state index is 12.0. The van der Waals surface area contributed by atoms with Crippen LogP contribution in [-0.4, -0.2) is 106 Å². The molecule has 193 valence electrons. The van der Waals surface area contributed by atoms with Crippen molar-refractivity contribution in [1.29, 1.82) is 0 Å². The number of rotatable bonds is 11. The molecule has 2 unspecified atom stereocenters. The monoisotopic (exact) mass is 520 g/mol. The molecular weight excluding hydrogens is 481 g/mol. The van der Waals surface area contributed by atoms with Crippen LogP contribution in [-0.2, 0) is 39.7 Å². The molecule has 0 fully saturated rings. The molecule has 1 radical (unpaired) electrons. The minimum Gasteiger partial charge on any atom is -0.480 e. The number of hydrogen-bond acceptors (Lipinski definition) is 9. The fraction of sp³-hybridized carbons (Fsp3) is 0.682. The molecule has 0 spiro atoms. The van der Waals surface area contributed by atoms with Crippen LogP contribution in [0.2, 0.25) is 0 Å². The maximum Gasteiger partial charge on any atom is 0.320 e. The van der Waals surface area contributed by atoms with Gasteiger partial charge in [-0.3, -0.25) is 24.4 Å². The molecule has 0 aromatic carbocycles. The second-order valence-corrected chi connectivity index (χ2v) is 8.41. The van der Waals surface area contributed by atoms with Crippen LogP contribution in [0.15, 0.2) is 18.2 Å². The van der Waals surface area contributed by atoms with Gasteiger partial charge < -0.3 is 32.3 Å². The zero-order valence-corrected chi connectivity index (χ0v) is 20.9. The summed E-state index contributed by atoms with van der Waals surface area (Å²) in [4.78, 5) is 34.7. The molecule has 34 heavy (non-hydrogen) atoms. The van der Waals surface area contributed by atoms with Gasteiger partial charge in [0.15, 0.2) is 0 Å². The number of carbonyl (C=O) groups is 2. The van der Waals surface area contributed by atoms with Gasteiger partial charge in [0, 0.05) is 56.3 Å². The first kappa shape index (κ1) is 30.4. The molecule has 0 amide bonds. The Morgan fingerprint density at radius 3 is 1.71 bits per heavy atom. The topological polar surface area (TPSA) is 175 Å². The second kappa shape index (κ2) is 16.1. The molecule has 2 rings (SSSR count). The number of nitrogens with zero attached hydrogens (tertiary/aromatic N) is 4. The number of carboxylic acids is 2. The van der Waals surface area contributed by atoms with Gasteiger partial charge in [-0.2, -0.15) is 0 Å². The van der Waals surface area contributed by atoms with E-state index in [0.717, 1.165) is 24.4 Å². The smallest absolute Gasteiger partial charge is 0.320 e. The van der Waals surface area contributed by atoms with Crippen LogP contribution in [0.25, 0.3) is 0 Å². The molecule has 1 aliphatic rings. The number of aromatic nitrogens is 1. The summed E-state index contributed by atoms with van der Waals surface area (Å²) in [6.07, 6.45) is 1.51. The van der Waals surface area contributed by atoms with E-state index in [4.69, 9.17) is 22.2 Å². The SMILES string of the molecule is NCCCN1CCN(C(CCN)C(=O)O)Cc2cccc(n2)CN(C(CCN)C(=O)O)CC1.[Mn]. The van der Waals surface area contributed by atoms with E-state index in [1.807, 2.05) is 28.0 Å². The number of aliphatic carboxylic acids is 2. The molecule has 1 aromatic rings. The minimum atomic E-state index is -0.894. The summed E-state index contributed by atoms with van der Waals surface area (Å²) in [5.41, 5.74) is 18.6. The van der Waals surface area contributed by atoms with Crippen molar-refractivity contribution in [3.05, 3.63) is 29.6 Å². The maximum absolute atomic E-state index is 12.0. The second-order valence-electron chi connectivity index (χ2n) is 8.41. The molecule has 2 heterocycles. The quantitative estimate of drug-likeness (QED) is 0.225. The van der Waals surface area contributed by atoms with Crippen molar-refractivity contribution in [3.63, 3.8) is 0 Å². The van der Waals surface area contributed by atoms with E-state index in [1.165, 1.54) is 0 Å². The van der Waals surface area contributed by atoms with E-state index in [1.54, 1.807) is 0 Å². The molecule has 1 aromatic heterocycles. The molecule has 0 saturated heterocycles. The van der Waals surface area contributed by atoms with E-state index in [2.05, 4.69) is 4.90 Å². The number of nitrogens with two attached hydrogens (primary N) is 3. The van der Waals surface area contributed by atoms with Gasteiger partial charge in [-0.05, 0) is 57.6 Å². The van der Waals surface area contributed by atoms with Crippen molar-refractivity contribution in [2.45, 2.75) is 44.4 Å². The van der Waals surface area contributed by atoms with Crippen LogP contribution in [0.4, 0.5) is 0 Å². The molecule has 0 aliphatic carbocycles. The first-order valence-electron chi connectivity index (χ1n) is 11.6. The third-order valence-corrected chi connectivity index (χ3v) is 6.01. The van der Waals surface area contributed by atoms with Crippen LogP contribution in [0.5, 0.6) is 0 Å². The van der Waals surface area contributed by atoms with Crippen molar-refractivity contribution in [3.8, 4) is 0 Å². The summed E-state index contributed by atoms with van der Waals surface area (Å²) >= 11 is 0. The van der Waals surface area contributed by atoms with Gasteiger partial charge in [0.2, 0.25) is 0 Å². The van der Waals surface area contributed by atoms with Gasteiger partial charge in [-0.25, -0.2) is 0 Å². The number of pyridine rings is 1.